The number of hydrogen-bond acceptors (Lipinski definition) is 2. The molecular weight excluding hydrogens is 368 g/mol. The Balaban J connectivity index is 0. The Morgan fingerprint density at radius 1 is 0.933 bits per heavy atom. The van der Waals surface area contributed by atoms with Crippen LogP contribution in [0.3, 0.4) is 0 Å². The van der Waals surface area contributed by atoms with Crippen LogP contribution in [0.15, 0.2) is 48.5 Å². The van der Waals surface area contributed by atoms with E-state index in [0.29, 0.717) is 6.42 Å². The van der Waals surface area contributed by atoms with Crippen LogP contribution >= 0.6 is 0 Å². The molecule has 168 valence electrons. The zero-order valence-electron chi connectivity index (χ0n) is 20.3. The summed E-state index contributed by atoms with van der Waals surface area (Å²) in [6, 6.07) is 16.7. The van der Waals surface area contributed by atoms with Crippen LogP contribution in [0.1, 0.15) is 84.5 Å². The summed E-state index contributed by atoms with van der Waals surface area (Å²) in [6.45, 7) is 14.2. The first-order chi connectivity index (χ1) is 14.2. The maximum absolute atomic E-state index is 10.8. The molecular formula is C28H44O2. The van der Waals surface area contributed by atoms with Gasteiger partial charge in [-0.3, -0.25) is 4.79 Å². The molecule has 2 aromatic carbocycles. The van der Waals surface area contributed by atoms with Crippen molar-refractivity contribution in [2.45, 2.75) is 87.0 Å². The predicted molar refractivity (Wildman–Crippen MR) is 132 cm³/mol. The molecule has 0 aromatic heterocycles. The molecule has 0 fully saturated rings. The summed E-state index contributed by atoms with van der Waals surface area (Å²) < 4.78 is 0. The molecule has 30 heavy (non-hydrogen) atoms. The Bertz CT molecular complexity index is 733. The first-order valence-electron chi connectivity index (χ1n) is 11.3. The van der Waals surface area contributed by atoms with Gasteiger partial charge in [0.1, 0.15) is 12.1 Å². The normalized spacial score (nSPS) is 10.2. The van der Waals surface area contributed by atoms with E-state index in [-0.39, 0.29) is 12.6 Å². The minimum absolute atomic E-state index is 0. The van der Waals surface area contributed by atoms with Crippen molar-refractivity contribution >= 4 is 12.1 Å². The van der Waals surface area contributed by atoms with E-state index in [1.807, 2.05) is 26.0 Å². The highest BCUT2D eigenvalue weighted by Gasteiger charge is 2.14. The van der Waals surface area contributed by atoms with Crippen molar-refractivity contribution in [2.75, 3.05) is 0 Å². The van der Waals surface area contributed by atoms with Crippen LogP contribution in [-0.4, -0.2) is 12.1 Å². The van der Waals surface area contributed by atoms with E-state index in [1.54, 1.807) is 6.92 Å². The zero-order chi connectivity index (χ0) is 23.0. The summed E-state index contributed by atoms with van der Waals surface area (Å²) in [5.74, 6) is 0.222. The molecule has 0 saturated carbocycles. The number of Topliss-reactive ketones (excluding diaryl/α,β-unsaturated/α-hetero) is 1. The predicted octanol–water partition coefficient (Wildman–Crippen LogP) is 7.59. The molecule has 0 spiro atoms. The number of ketones is 1. The highest BCUT2D eigenvalue weighted by Crippen LogP contribution is 2.19. The van der Waals surface area contributed by atoms with E-state index in [1.165, 1.54) is 23.1 Å². The topological polar surface area (TPSA) is 34.1 Å². The molecule has 0 heterocycles. The lowest BCUT2D eigenvalue weighted by Crippen LogP contribution is -2.11. The molecule has 0 amide bonds. The van der Waals surface area contributed by atoms with E-state index in [4.69, 9.17) is 0 Å². The van der Waals surface area contributed by atoms with Gasteiger partial charge in [-0.05, 0) is 55.4 Å². The van der Waals surface area contributed by atoms with Crippen LogP contribution in [0, 0.1) is 12.3 Å². The van der Waals surface area contributed by atoms with Crippen molar-refractivity contribution in [3.63, 3.8) is 0 Å². The van der Waals surface area contributed by atoms with Gasteiger partial charge in [0.05, 0.1) is 0 Å². The number of carbonyl (C=O) groups is 2. The summed E-state index contributed by atoms with van der Waals surface area (Å²) in [7, 11) is 0. The second-order valence-electron chi connectivity index (χ2n) is 8.54. The summed E-state index contributed by atoms with van der Waals surface area (Å²) in [6.07, 6.45) is 7.16. The van der Waals surface area contributed by atoms with E-state index >= 15 is 0 Å². The Morgan fingerprint density at radius 2 is 1.50 bits per heavy atom. The van der Waals surface area contributed by atoms with Gasteiger partial charge in [0, 0.05) is 13.3 Å². The highest BCUT2D eigenvalue weighted by atomic mass is 16.1. The number of unbranched alkanes of at least 4 members (excludes halogenated alkanes) is 1. The third-order valence-electron chi connectivity index (χ3n) is 5.02. The zero-order valence-corrected chi connectivity index (χ0v) is 20.3. The van der Waals surface area contributed by atoms with E-state index in [0.717, 1.165) is 37.5 Å². The highest BCUT2D eigenvalue weighted by molar-refractivity contribution is 5.78. The third kappa shape index (κ3) is 13.1. The van der Waals surface area contributed by atoms with Crippen LogP contribution in [0.25, 0.3) is 0 Å². The van der Waals surface area contributed by atoms with Crippen molar-refractivity contribution in [3.8, 4) is 0 Å². The molecule has 2 rings (SSSR count). The van der Waals surface area contributed by atoms with Gasteiger partial charge in [-0.15, -0.1) is 0 Å². The van der Waals surface area contributed by atoms with Gasteiger partial charge in [0.2, 0.25) is 0 Å². The van der Waals surface area contributed by atoms with E-state index in [2.05, 4.69) is 64.1 Å². The number of hydrogen-bond donors (Lipinski definition) is 0. The van der Waals surface area contributed by atoms with Crippen molar-refractivity contribution in [2.24, 2.45) is 5.41 Å². The van der Waals surface area contributed by atoms with Gasteiger partial charge >= 0.3 is 0 Å². The molecule has 0 aliphatic rings. The molecule has 0 N–H and O–H groups in total. The van der Waals surface area contributed by atoms with Crippen molar-refractivity contribution < 1.29 is 11.0 Å². The average molecular weight is 413 g/mol. The van der Waals surface area contributed by atoms with Crippen LogP contribution in [0.2, 0.25) is 0 Å². The molecule has 2 heteroatoms. The monoisotopic (exact) mass is 412 g/mol. The maximum Gasteiger partial charge on any atom is 0.134 e. The Hall–Kier alpha value is -2.22. The van der Waals surface area contributed by atoms with E-state index in [9.17, 15) is 9.59 Å². The van der Waals surface area contributed by atoms with Gasteiger partial charge < -0.3 is 4.79 Å². The summed E-state index contributed by atoms with van der Waals surface area (Å²) in [5, 5.41) is 0. The second kappa shape index (κ2) is 15.6. The first kappa shape index (κ1) is 27.8. The Morgan fingerprint density at radius 3 is 1.90 bits per heavy atom. The SMILES string of the molecule is CCCCC(C)(C)C=O.CCc1ccc(CC(C)=O)cc1.CCc1ccccc1C.[HH]. The minimum Gasteiger partial charge on any atom is -0.303 e. The summed E-state index contributed by atoms with van der Waals surface area (Å²) in [5.41, 5.74) is 5.20. The van der Waals surface area contributed by atoms with E-state index < -0.39 is 0 Å². The number of aryl methyl sites for hydroxylation is 3. The number of benzene rings is 2. The van der Waals surface area contributed by atoms with Crippen molar-refractivity contribution in [1.82, 2.24) is 0 Å². The van der Waals surface area contributed by atoms with Gasteiger partial charge in [-0.2, -0.15) is 0 Å². The van der Waals surface area contributed by atoms with Crippen molar-refractivity contribution in [3.05, 3.63) is 70.8 Å². The average Bonchev–Trinajstić information content (AvgIpc) is 2.74. The number of carbonyl (C=O) groups excluding carboxylic acids is 2. The standard InChI is InChI=1S/C11H14O.C9H12.C8H16O.H2/c1-3-10-4-6-11(7-5-10)8-9(2)12;1-3-9-7-5-4-6-8(9)2;1-4-5-6-8(2,3)7-9;/h4-7H,3,8H2,1-2H3;4-7H,3H2,1-2H3;7H,4-6H2,1-3H3;1H. The largest absolute Gasteiger partial charge is 0.303 e. The molecule has 0 atom stereocenters. The third-order valence-corrected chi connectivity index (χ3v) is 5.02. The Kier molecular flexibility index (Phi) is 14.4. The lowest BCUT2D eigenvalue weighted by Gasteiger charge is -2.14. The summed E-state index contributed by atoms with van der Waals surface area (Å²) >= 11 is 0. The fourth-order valence-corrected chi connectivity index (χ4v) is 2.88. The smallest absolute Gasteiger partial charge is 0.134 e. The molecule has 2 aromatic rings. The number of rotatable bonds is 8. The first-order valence-corrected chi connectivity index (χ1v) is 11.3. The maximum atomic E-state index is 10.8. The van der Waals surface area contributed by atoms with Crippen LogP contribution in [0.4, 0.5) is 0 Å². The van der Waals surface area contributed by atoms with Gasteiger partial charge in [0.15, 0.2) is 0 Å². The molecule has 0 saturated heterocycles. The van der Waals surface area contributed by atoms with Gasteiger partial charge in [-0.25, -0.2) is 0 Å². The van der Waals surface area contributed by atoms with Crippen LogP contribution < -0.4 is 0 Å². The fourth-order valence-electron chi connectivity index (χ4n) is 2.88. The van der Waals surface area contributed by atoms with Crippen LogP contribution in [0.5, 0.6) is 0 Å². The molecule has 0 radical (unpaired) electrons. The van der Waals surface area contributed by atoms with Gasteiger partial charge in [-0.1, -0.05) is 96.0 Å². The van der Waals surface area contributed by atoms with Gasteiger partial charge in [0.25, 0.3) is 0 Å². The lowest BCUT2D eigenvalue weighted by atomic mass is 9.89. The molecule has 0 unspecified atom stereocenters. The lowest BCUT2D eigenvalue weighted by molar-refractivity contribution is -0.116. The molecule has 0 bridgehead atoms. The number of aldehydes is 1. The minimum atomic E-state index is -0.0873. The van der Waals surface area contributed by atoms with Crippen LogP contribution in [-0.2, 0) is 28.9 Å². The summed E-state index contributed by atoms with van der Waals surface area (Å²) in [4.78, 5) is 21.1. The molecule has 2 nitrogen and oxygen atoms in total. The Labute approximate surface area is 186 Å². The quantitative estimate of drug-likeness (QED) is 0.419. The fraction of sp³-hybridized carbons (Fsp3) is 0.500. The molecule has 0 aliphatic heterocycles. The van der Waals surface area contributed by atoms with Crippen molar-refractivity contribution in [1.29, 1.82) is 0 Å². The second-order valence-corrected chi connectivity index (χ2v) is 8.54. The molecule has 0 aliphatic carbocycles.